The van der Waals surface area contributed by atoms with Crippen molar-refractivity contribution < 1.29 is 8.78 Å². The average Bonchev–Trinajstić information content (AvgIpc) is 2.39. The second-order valence-electron chi connectivity index (χ2n) is 3.76. The molecule has 0 saturated heterocycles. The van der Waals surface area contributed by atoms with E-state index >= 15 is 0 Å². The Morgan fingerprint density at radius 2 is 2.05 bits per heavy atom. The second kappa shape index (κ2) is 8.71. The molecule has 0 fully saturated rings. The molecular formula is C12H18F2N4S. The van der Waals surface area contributed by atoms with Gasteiger partial charge in [-0.15, -0.1) is 0 Å². The number of halogens is 2. The zero-order valence-corrected chi connectivity index (χ0v) is 11.5. The lowest BCUT2D eigenvalue weighted by Crippen LogP contribution is -2.36. The van der Waals surface area contributed by atoms with Crippen LogP contribution in [0.2, 0.25) is 0 Å². The normalized spacial score (nSPS) is 11.7. The summed E-state index contributed by atoms with van der Waals surface area (Å²) in [6.07, 6.45) is 2.04. The van der Waals surface area contributed by atoms with Crippen LogP contribution in [0.1, 0.15) is 19.8 Å². The first-order chi connectivity index (χ1) is 9.15. The lowest BCUT2D eigenvalue weighted by atomic mass is 10.3. The molecule has 106 valence electrons. The molecule has 0 bridgehead atoms. The SMILES string of the molecule is CCCCN=C(NN)Nc1ccc(SC(F)F)cc1. The first-order valence-electron chi connectivity index (χ1n) is 5.98. The Labute approximate surface area is 115 Å². The lowest BCUT2D eigenvalue weighted by Gasteiger charge is -2.09. The van der Waals surface area contributed by atoms with E-state index in [-0.39, 0.29) is 0 Å². The van der Waals surface area contributed by atoms with Crippen LogP contribution in [0.4, 0.5) is 14.5 Å². The number of nitrogens with one attached hydrogen (secondary N) is 2. The maximum absolute atomic E-state index is 12.2. The van der Waals surface area contributed by atoms with Crippen molar-refractivity contribution >= 4 is 23.4 Å². The molecule has 0 atom stereocenters. The first kappa shape index (κ1) is 15.7. The summed E-state index contributed by atoms with van der Waals surface area (Å²) in [6, 6.07) is 6.66. The van der Waals surface area contributed by atoms with Gasteiger partial charge in [0, 0.05) is 17.1 Å². The van der Waals surface area contributed by atoms with Gasteiger partial charge < -0.3 is 5.32 Å². The van der Waals surface area contributed by atoms with Crippen LogP contribution in [0.3, 0.4) is 0 Å². The van der Waals surface area contributed by atoms with Crippen molar-refractivity contribution in [3.05, 3.63) is 24.3 Å². The molecule has 0 unspecified atom stereocenters. The van der Waals surface area contributed by atoms with Crippen molar-refractivity contribution in [3.63, 3.8) is 0 Å². The smallest absolute Gasteiger partial charge is 0.288 e. The molecule has 0 radical (unpaired) electrons. The number of nitrogens with zero attached hydrogens (tertiary/aromatic N) is 1. The minimum Gasteiger partial charge on any atom is -0.325 e. The molecule has 0 spiro atoms. The minimum atomic E-state index is -2.41. The molecule has 0 heterocycles. The van der Waals surface area contributed by atoms with E-state index in [4.69, 9.17) is 5.84 Å². The number of alkyl halides is 2. The first-order valence-corrected chi connectivity index (χ1v) is 6.86. The Balaban J connectivity index is 2.57. The molecule has 1 rings (SSSR count). The summed E-state index contributed by atoms with van der Waals surface area (Å²) in [6.45, 7) is 2.76. The molecular weight excluding hydrogens is 270 g/mol. The van der Waals surface area contributed by atoms with Gasteiger partial charge in [0.05, 0.1) is 0 Å². The van der Waals surface area contributed by atoms with Crippen LogP contribution in [0.15, 0.2) is 34.2 Å². The lowest BCUT2D eigenvalue weighted by molar-refractivity contribution is 0.252. The second-order valence-corrected chi connectivity index (χ2v) is 4.82. The van der Waals surface area contributed by atoms with E-state index < -0.39 is 5.76 Å². The van der Waals surface area contributed by atoms with Crippen molar-refractivity contribution in [2.75, 3.05) is 11.9 Å². The Kier molecular flexibility index (Phi) is 7.20. The van der Waals surface area contributed by atoms with Gasteiger partial charge in [-0.05, 0) is 30.7 Å². The fourth-order valence-electron chi connectivity index (χ4n) is 1.33. The fourth-order valence-corrected chi connectivity index (χ4v) is 1.83. The van der Waals surface area contributed by atoms with Crippen LogP contribution >= 0.6 is 11.8 Å². The molecule has 1 aromatic rings. The number of hydrazine groups is 1. The van der Waals surface area contributed by atoms with Gasteiger partial charge in [0.25, 0.3) is 5.76 Å². The Hall–Kier alpha value is -1.34. The number of nitrogens with two attached hydrogens (primary N) is 1. The predicted molar refractivity (Wildman–Crippen MR) is 76.5 cm³/mol. The van der Waals surface area contributed by atoms with Crippen LogP contribution in [0, 0.1) is 0 Å². The van der Waals surface area contributed by atoms with E-state index in [9.17, 15) is 8.78 Å². The van der Waals surface area contributed by atoms with Crippen molar-refractivity contribution in [2.24, 2.45) is 10.8 Å². The molecule has 0 aliphatic heterocycles. The van der Waals surface area contributed by atoms with Gasteiger partial charge in [0.2, 0.25) is 5.96 Å². The third-order valence-corrected chi connectivity index (χ3v) is 2.98. The molecule has 0 aliphatic carbocycles. The van der Waals surface area contributed by atoms with Crippen molar-refractivity contribution in [3.8, 4) is 0 Å². The highest BCUT2D eigenvalue weighted by atomic mass is 32.2. The number of unbranched alkanes of at least 4 members (excludes halogenated alkanes) is 1. The number of thioether (sulfide) groups is 1. The standard InChI is InChI=1S/C12H18F2N4S/c1-2-3-8-16-12(18-15)17-9-4-6-10(7-5-9)19-11(13)14/h4-7,11H,2-3,8,15H2,1H3,(H2,16,17,18). The molecule has 0 amide bonds. The summed E-state index contributed by atoms with van der Waals surface area (Å²) < 4.78 is 24.3. The highest BCUT2D eigenvalue weighted by molar-refractivity contribution is 7.99. The molecule has 0 saturated carbocycles. The van der Waals surface area contributed by atoms with Crippen molar-refractivity contribution in [2.45, 2.75) is 30.4 Å². The van der Waals surface area contributed by atoms with Crippen molar-refractivity contribution in [1.29, 1.82) is 0 Å². The highest BCUT2D eigenvalue weighted by Crippen LogP contribution is 2.26. The van der Waals surface area contributed by atoms with Crippen LogP contribution in [-0.2, 0) is 0 Å². The number of anilines is 1. The summed E-state index contributed by atoms with van der Waals surface area (Å²) >= 11 is 0.517. The molecule has 4 N–H and O–H groups in total. The predicted octanol–water partition coefficient (Wildman–Crippen LogP) is 3.03. The molecule has 0 aliphatic rings. The zero-order valence-electron chi connectivity index (χ0n) is 10.7. The maximum Gasteiger partial charge on any atom is 0.288 e. The summed E-state index contributed by atoms with van der Waals surface area (Å²) in [4.78, 5) is 4.76. The summed E-state index contributed by atoms with van der Waals surface area (Å²) in [5, 5.41) is 2.99. The van der Waals surface area contributed by atoms with Gasteiger partial charge in [-0.3, -0.25) is 10.4 Å². The summed E-state index contributed by atoms with van der Waals surface area (Å²) in [7, 11) is 0. The van der Waals surface area contributed by atoms with Crippen LogP contribution in [0.5, 0.6) is 0 Å². The Morgan fingerprint density at radius 3 is 2.58 bits per heavy atom. The van der Waals surface area contributed by atoms with E-state index in [1.165, 1.54) is 0 Å². The highest BCUT2D eigenvalue weighted by Gasteiger charge is 2.05. The largest absolute Gasteiger partial charge is 0.325 e. The number of aliphatic imine (C=N–C) groups is 1. The maximum atomic E-state index is 12.2. The monoisotopic (exact) mass is 288 g/mol. The Bertz CT molecular complexity index is 395. The van der Waals surface area contributed by atoms with Gasteiger partial charge in [-0.1, -0.05) is 25.1 Å². The molecule has 1 aromatic carbocycles. The number of guanidine groups is 1. The Morgan fingerprint density at radius 1 is 1.37 bits per heavy atom. The zero-order chi connectivity index (χ0) is 14.1. The van der Waals surface area contributed by atoms with Crippen molar-refractivity contribution in [1.82, 2.24) is 5.43 Å². The van der Waals surface area contributed by atoms with E-state index in [1.54, 1.807) is 24.3 Å². The summed E-state index contributed by atoms with van der Waals surface area (Å²) in [5.41, 5.74) is 3.21. The molecule has 4 nitrogen and oxygen atoms in total. The third kappa shape index (κ3) is 6.40. The minimum absolute atomic E-state index is 0.461. The van der Waals surface area contributed by atoms with E-state index in [2.05, 4.69) is 22.7 Å². The van der Waals surface area contributed by atoms with Gasteiger partial charge in [0.1, 0.15) is 0 Å². The third-order valence-electron chi connectivity index (χ3n) is 2.26. The quantitative estimate of drug-likeness (QED) is 0.188. The fraction of sp³-hybridized carbons (Fsp3) is 0.417. The molecule has 0 aromatic heterocycles. The average molecular weight is 288 g/mol. The number of benzene rings is 1. The molecule has 7 heteroatoms. The van der Waals surface area contributed by atoms with Gasteiger partial charge in [-0.2, -0.15) is 8.78 Å². The van der Waals surface area contributed by atoms with Crippen LogP contribution < -0.4 is 16.6 Å². The van der Waals surface area contributed by atoms with Gasteiger partial charge in [-0.25, -0.2) is 5.84 Å². The number of rotatable bonds is 6. The van der Waals surface area contributed by atoms with Crippen LogP contribution in [-0.4, -0.2) is 18.3 Å². The van der Waals surface area contributed by atoms with Gasteiger partial charge >= 0.3 is 0 Å². The van der Waals surface area contributed by atoms with Crippen LogP contribution in [0.25, 0.3) is 0 Å². The van der Waals surface area contributed by atoms with E-state index in [0.717, 1.165) is 18.5 Å². The topological polar surface area (TPSA) is 62.4 Å². The van der Waals surface area contributed by atoms with E-state index in [1.807, 2.05) is 0 Å². The van der Waals surface area contributed by atoms with E-state index in [0.29, 0.717) is 29.2 Å². The molecule has 19 heavy (non-hydrogen) atoms. The number of hydrogen-bond donors (Lipinski definition) is 3. The number of hydrogen-bond acceptors (Lipinski definition) is 3. The summed E-state index contributed by atoms with van der Waals surface area (Å²) in [5.74, 6) is 3.41. The van der Waals surface area contributed by atoms with Gasteiger partial charge in [0.15, 0.2) is 0 Å².